The van der Waals surface area contributed by atoms with Crippen LogP contribution in [0.4, 0.5) is 5.69 Å². The van der Waals surface area contributed by atoms with Crippen molar-refractivity contribution in [1.82, 2.24) is 4.90 Å². The molecule has 5 heteroatoms. The van der Waals surface area contributed by atoms with Crippen LogP contribution in [-0.4, -0.2) is 37.0 Å². The zero-order valence-electron chi connectivity index (χ0n) is 12.7. The van der Waals surface area contributed by atoms with Crippen LogP contribution in [0.5, 0.6) is 5.75 Å². The predicted octanol–water partition coefficient (Wildman–Crippen LogP) is 3.55. The number of likely N-dealkylation sites (tertiary alicyclic amines) is 1. The van der Waals surface area contributed by atoms with E-state index < -0.39 is 0 Å². The van der Waals surface area contributed by atoms with Crippen molar-refractivity contribution in [2.24, 2.45) is 0 Å². The molecule has 1 heterocycles. The summed E-state index contributed by atoms with van der Waals surface area (Å²) in [6.07, 6.45) is 4.65. The fraction of sp³-hybridized carbons (Fsp3) is 0.562. The first-order valence-corrected chi connectivity index (χ1v) is 7.88. The molecule has 21 heavy (non-hydrogen) atoms. The summed E-state index contributed by atoms with van der Waals surface area (Å²) in [7, 11) is 1.58. The van der Waals surface area contributed by atoms with E-state index >= 15 is 0 Å². The highest BCUT2D eigenvalue weighted by Crippen LogP contribution is 2.27. The van der Waals surface area contributed by atoms with Gasteiger partial charge in [-0.15, -0.1) is 0 Å². The third-order valence-electron chi connectivity index (χ3n) is 3.82. The van der Waals surface area contributed by atoms with Crippen LogP contribution in [0.15, 0.2) is 18.2 Å². The Hall–Kier alpha value is -1.42. The van der Waals surface area contributed by atoms with E-state index in [1.807, 2.05) is 24.0 Å². The van der Waals surface area contributed by atoms with E-state index in [0.29, 0.717) is 10.8 Å². The van der Waals surface area contributed by atoms with Crippen molar-refractivity contribution >= 4 is 23.2 Å². The predicted molar refractivity (Wildman–Crippen MR) is 86.1 cm³/mol. The van der Waals surface area contributed by atoms with Crippen LogP contribution in [-0.2, 0) is 4.79 Å². The molecule has 1 fully saturated rings. The second-order valence-electron chi connectivity index (χ2n) is 5.45. The Labute approximate surface area is 131 Å². The molecule has 116 valence electrons. The van der Waals surface area contributed by atoms with E-state index in [4.69, 9.17) is 16.3 Å². The molecule has 0 aliphatic carbocycles. The molecule has 1 aliphatic heterocycles. The molecular weight excluding hydrogens is 288 g/mol. The lowest BCUT2D eigenvalue weighted by molar-refractivity contribution is -0.131. The summed E-state index contributed by atoms with van der Waals surface area (Å²) in [4.78, 5) is 14.5. The van der Waals surface area contributed by atoms with Crippen molar-refractivity contribution in [2.45, 2.75) is 38.6 Å². The Morgan fingerprint density at radius 2 is 1.95 bits per heavy atom. The second-order valence-corrected chi connectivity index (χ2v) is 5.86. The Bertz CT molecular complexity index is 485. The number of amides is 1. The number of carbonyl (C=O) groups is 1. The second kappa shape index (κ2) is 7.55. The normalized spacial score (nSPS) is 17.0. The van der Waals surface area contributed by atoms with Crippen molar-refractivity contribution in [2.75, 3.05) is 25.5 Å². The fourth-order valence-corrected chi connectivity index (χ4v) is 2.82. The Morgan fingerprint density at radius 3 is 2.57 bits per heavy atom. The van der Waals surface area contributed by atoms with Gasteiger partial charge >= 0.3 is 0 Å². The van der Waals surface area contributed by atoms with Gasteiger partial charge in [0.2, 0.25) is 5.91 Å². The minimum atomic E-state index is -0.256. The molecule has 0 radical (unpaired) electrons. The lowest BCUT2D eigenvalue weighted by Crippen LogP contribution is -2.41. The maximum absolute atomic E-state index is 12.5. The lowest BCUT2D eigenvalue weighted by atomic mass is 10.2. The first-order chi connectivity index (χ1) is 10.1. The van der Waals surface area contributed by atoms with Crippen LogP contribution in [0.25, 0.3) is 0 Å². The summed E-state index contributed by atoms with van der Waals surface area (Å²) in [5.41, 5.74) is 0.840. The van der Waals surface area contributed by atoms with Crippen LogP contribution < -0.4 is 10.1 Å². The molecule has 0 saturated carbocycles. The molecule has 1 atom stereocenters. The summed E-state index contributed by atoms with van der Waals surface area (Å²) < 4.78 is 5.19. The van der Waals surface area contributed by atoms with Gasteiger partial charge in [0.25, 0.3) is 0 Å². The number of ether oxygens (including phenoxy) is 1. The number of hydrogen-bond donors (Lipinski definition) is 1. The molecule has 1 saturated heterocycles. The first-order valence-electron chi connectivity index (χ1n) is 7.50. The van der Waals surface area contributed by atoms with Crippen LogP contribution >= 0.6 is 11.6 Å². The van der Waals surface area contributed by atoms with Crippen LogP contribution in [0.3, 0.4) is 0 Å². The third kappa shape index (κ3) is 4.27. The molecule has 0 spiro atoms. The van der Waals surface area contributed by atoms with Crippen molar-refractivity contribution in [3.63, 3.8) is 0 Å². The number of nitrogens with zero attached hydrogens (tertiary/aromatic N) is 1. The number of halogens is 1. The quantitative estimate of drug-likeness (QED) is 0.924. The fourth-order valence-electron chi connectivity index (χ4n) is 2.63. The molecule has 1 aliphatic rings. The Kier molecular flexibility index (Phi) is 5.74. The van der Waals surface area contributed by atoms with Gasteiger partial charge < -0.3 is 15.0 Å². The number of benzene rings is 1. The van der Waals surface area contributed by atoms with E-state index in [2.05, 4.69) is 5.32 Å². The van der Waals surface area contributed by atoms with Gasteiger partial charge in [-0.3, -0.25) is 4.79 Å². The largest absolute Gasteiger partial charge is 0.495 e. The first kappa shape index (κ1) is 16.0. The van der Waals surface area contributed by atoms with Crippen LogP contribution in [0.1, 0.15) is 32.6 Å². The van der Waals surface area contributed by atoms with Crippen molar-refractivity contribution < 1.29 is 9.53 Å². The van der Waals surface area contributed by atoms with Crippen LogP contribution in [0.2, 0.25) is 5.02 Å². The monoisotopic (exact) mass is 310 g/mol. The zero-order valence-corrected chi connectivity index (χ0v) is 13.4. The highest BCUT2D eigenvalue weighted by atomic mass is 35.5. The Morgan fingerprint density at radius 1 is 1.29 bits per heavy atom. The maximum Gasteiger partial charge on any atom is 0.244 e. The average Bonchev–Trinajstić information content (AvgIpc) is 2.77. The number of carbonyl (C=O) groups excluding carboxylic acids is 1. The van der Waals surface area contributed by atoms with Gasteiger partial charge in [-0.1, -0.05) is 24.4 Å². The highest BCUT2D eigenvalue weighted by molar-refractivity contribution is 6.32. The zero-order chi connectivity index (χ0) is 15.2. The summed E-state index contributed by atoms with van der Waals surface area (Å²) in [6.45, 7) is 3.64. The standard InChI is InChI=1S/C16H23ClN2O2/c1-12(16(20)19-9-5-3-4-6-10-19)18-13-7-8-14(17)15(11-13)21-2/h7-8,11-12,18H,3-6,9-10H2,1-2H3. The number of rotatable bonds is 4. The van der Waals surface area contributed by atoms with Gasteiger partial charge in [0, 0.05) is 24.8 Å². The van der Waals surface area contributed by atoms with Gasteiger partial charge in [0.1, 0.15) is 11.8 Å². The van der Waals surface area contributed by atoms with E-state index in [9.17, 15) is 4.79 Å². The van der Waals surface area contributed by atoms with E-state index in [0.717, 1.165) is 31.6 Å². The molecule has 2 rings (SSSR count). The molecule has 1 N–H and O–H groups in total. The molecule has 1 aromatic rings. The molecule has 0 aromatic heterocycles. The summed E-state index contributed by atoms with van der Waals surface area (Å²) in [6, 6.07) is 5.19. The number of methoxy groups -OCH3 is 1. The molecule has 1 amide bonds. The highest BCUT2D eigenvalue weighted by Gasteiger charge is 2.21. The van der Waals surface area contributed by atoms with Gasteiger partial charge in [0.05, 0.1) is 12.1 Å². The van der Waals surface area contributed by atoms with Gasteiger partial charge in [0.15, 0.2) is 0 Å². The SMILES string of the molecule is COc1cc(NC(C)C(=O)N2CCCCCC2)ccc1Cl. The van der Waals surface area contributed by atoms with Crippen molar-refractivity contribution in [3.05, 3.63) is 23.2 Å². The van der Waals surface area contributed by atoms with Gasteiger partial charge in [-0.2, -0.15) is 0 Å². The third-order valence-corrected chi connectivity index (χ3v) is 4.13. The number of nitrogens with one attached hydrogen (secondary N) is 1. The van der Waals surface area contributed by atoms with Gasteiger partial charge in [-0.05, 0) is 31.9 Å². The summed E-state index contributed by atoms with van der Waals surface area (Å²) in [5, 5.41) is 3.80. The van der Waals surface area contributed by atoms with E-state index in [1.165, 1.54) is 12.8 Å². The molecule has 1 unspecified atom stereocenters. The van der Waals surface area contributed by atoms with Gasteiger partial charge in [-0.25, -0.2) is 0 Å². The molecule has 0 bridgehead atoms. The van der Waals surface area contributed by atoms with E-state index in [-0.39, 0.29) is 11.9 Å². The number of anilines is 1. The molecule has 1 aromatic carbocycles. The molecule has 4 nitrogen and oxygen atoms in total. The Balaban J connectivity index is 1.99. The topological polar surface area (TPSA) is 41.6 Å². The van der Waals surface area contributed by atoms with Crippen LogP contribution in [0, 0.1) is 0 Å². The van der Waals surface area contributed by atoms with Crippen molar-refractivity contribution in [1.29, 1.82) is 0 Å². The molecular formula is C16H23ClN2O2. The summed E-state index contributed by atoms with van der Waals surface area (Å²) >= 11 is 6.01. The minimum Gasteiger partial charge on any atom is -0.495 e. The lowest BCUT2D eigenvalue weighted by Gasteiger charge is -2.25. The maximum atomic E-state index is 12.5. The van der Waals surface area contributed by atoms with E-state index in [1.54, 1.807) is 13.2 Å². The smallest absolute Gasteiger partial charge is 0.244 e. The average molecular weight is 311 g/mol. The number of hydrogen-bond acceptors (Lipinski definition) is 3. The minimum absolute atomic E-state index is 0.158. The van der Waals surface area contributed by atoms with Crippen molar-refractivity contribution in [3.8, 4) is 5.75 Å². The summed E-state index contributed by atoms with van der Waals surface area (Å²) in [5.74, 6) is 0.766.